The average molecular weight is 468 g/mol. The Morgan fingerprint density at radius 3 is 2.18 bits per heavy atom. The highest BCUT2D eigenvalue weighted by atomic mass is 16.5. The molecule has 1 saturated heterocycles. The Hall–Kier alpha value is -3.68. The molecule has 8 nitrogen and oxygen atoms in total. The number of methoxy groups -OCH3 is 4. The number of aliphatic hydroxyl groups excluding tert-OH is 1. The number of aliphatic hydroxyl groups is 1. The van der Waals surface area contributed by atoms with Crippen molar-refractivity contribution in [1.29, 1.82) is 0 Å². The van der Waals surface area contributed by atoms with E-state index in [9.17, 15) is 14.7 Å². The molecule has 180 valence electrons. The highest BCUT2D eigenvalue weighted by Crippen LogP contribution is 2.48. The van der Waals surface area contributed by atoms with Crippen molar-refractivity contribution in [2.24, 2.45) is 0 Å². The zero-order chi connectivity index (χ0) is 24.4. The van der Waals surface area contributed by atoms with Crippen LogP contribution in [-0.4, -0.2) is 56.2 Å². The Balaban J connectivity index is 1.95. The summed E-state index contributed by atoms with van der Waals surface area (Å²) in [4.78, 5) is 28.3. The van der Waals surface area contributed by atoms with Crippen LogP contribution in [0, 0.1) is 0 Å². The zero-order valence-corrected chi connectivity index (χ0v) is 19.8. The molecule has 0 aromatic heterocycles. The fourth-order valence-corrected chi connectivity index (χ4v) is 4.98. The molecular weight excluding hydrogens is 438 g/mol. The molecule has 4 rings (SSSR count). The van der Waals surface area contributed by atoms with Gasteiger partial charge in [0.15, 0.2) is 23.0 Å². The number of likely N-dealkylation sites (tertiary alicyclic amines) is 1. The van der Waals surface area contributed by atoms with Crippen LogP contribution in [0.1, 0.15) is 42.9 Å². The molecule has 1 aliphatic carbocycles. The summed E-state index contributed by atoms with van der Waals surface area (Å²) in [5.74, 6) is 0.136. The van der Waals surface area contributed by atoms with Gasteiger partial charge in [0.25, 0.3) is 11.7 Å². The maximum Gasteiger partial charge on any atom is 0.295 e. The number of para-hydroxylation sites is 1. The second-order valence-electron chi connectivity index (χ2n) is 8.30. The molecule has 2 aliphatic rings. The van der Waals surface area contributed by atoms with Gasteiger partial charge in [0, 0.05) is 17.2 Å². The Morgan fingerprint density at radius 2 is 1.56 bits per heavy atom. The van der Waals surface area contributed by atoms with Gasteiger partial charge in [-0.05, 0) is 37.1 Å². The molecule has 1 saturated carbocycles. The number of amides is 1. The van der Waals surface area contributed by atoms with Crippen molar-refractivity contribution in [1.82, 2.24) is 4.90 Å². The van der Waals surface area contributed by atoms with Crippen LogP contribution < -0.4 is 18.9 Å². The summed E-state index contributed by atoms with van der Waals surface area (Å²) in [7, 11) is 6.04. The normalized spacial score (nSPS) is 20.0. The van der Waals surface area contributed by atoms with Gasteiger partial charge in [-0.1, -0.05) is 25.0 Å². The van der Waals surface area contributed by atoms with E-state index in [0.717, 1.165) is 25.7 Å². The van der Waals surface area contributed by atoms with Crippen molar-refractivity contribution in [2.45, 2.75) is 37.8 Å². The highest BCUT2D eigenvalue weighted by molar-refractivity contribution is 6.46. The smallest absolute Gasteiger partial charge is 0.295 e. The van der Waals surface area contributed by atoms with Gasteiger partial charge in [-0.3, -0.25) is 9.59 Å². The molecular formula is C26H29NO7. The largest absolute Gasteiger partial charge is 0.507 e. The van der Waals surface area contributed by atoms with Crippen molar-refractivity contribution in [3.05, 3.63) is 53.1 Å². The third-order valence-corrected chi connectivity index (χ3v) is 6.58. The monoisotopic (exact) mass is 467 g/mol. The van der Waals surface area contributed by atoms with Crippen LogP contribution in [0.25, 0.3) is 5.76 Å². The van der Waals surface area contributed by atoms with Crippen molar-refractivity contribution in [3.8, 4) is 23.0 Å². The lowest BCUT2D eigenvalue weighted by atomic mass is 9.93. The van der Waals surface area contributed by atoms with E-state index < -0.39 is 17.7 Å². The molecule has 2 aromatic rings. The van der Waals surface area contributed by atoms with Gasteiger partial charge < -0.3 is 29.0 Å². The van der Waals surface area contributed by atoms with Gasteiger partial charge in [-0.2, -0.15) is 0 Å². The van der Waals surface area contributed by atoms with Crippen LogP contribution in [0.5, 0.6) is 23.0 Å². The SMILES string of the molecule is COc1ccc(/C(O)=C2/C(=O)C(=O)N(C3CCCC3)C2c2cccc(OC)c2OC)cc1OC. The minimum Gasteiger partial charge on any atom is -0.507 e. The number of carbonyl (C=O) groups is 2. The van der Waals surface area contributed by atoms with Crippen LogP contribution >= 0.6 is 0 Å². The molecule has 1 amide bonds. The van der Waals surface area contributed by atoms with E-state index in [-0.39, 0.29) is 17.4 Å². The summed E-state index contributed by atoms with van der Waals surface area (Å²) in [6.07, 6.45) is 3.55. The van der Waals surface area contributed by atoms with Crippen molar-refractivity contribution in [2.75, 3.05) is 28.4 Å². The first-order valence-electron chi connectivity index (χ1n) is 11.2. The number of rotatable bonds is 7. The number of hydrogen-bond acceptors (Lipinski definition) is 7. The summed E-state index contributed by atoms with van der Waals surface area (Å²) in [6, 6.07) is 9.25. The Morgan fingerprint density at radius 1 is 0.882 bits per heavy atom. The van der Waals surface area contributed by atoms with E-state index in [1.165, 1.54) is 28.4 Å². The minimum atomic E-state index is -0.818. The van der Waals surface area contributed by atoms with Gasteiger partial charge in [-0.25, -0.2) is 0 Å². The first-order valence-corrected chi connectivity index (χ1v) is 11.2. The van der Waals surface area contributed by atoms with E-state index >= 15 is 0 Å². The van der Waals surface area contributed by atoms with Gasteiger partial charge in [0.05, 0.1) is 40.1 Å². The minimum absolute atomic E-state index is 0.00988. The average Bonchev–Trinajstić information content (AvgIpc) is 3.49. The third kappa shape index (κ3) is 3.83. The lowest BCUT2D eigenvalue weighted by Gasteiger charge is -2.31. The fraction of sp³-hybridized carbons (Fsp3) is 0.385. The fourth-order valence-electron chi connectivity index (χ4n) is 4.98. The van der Waals surface area contributed by atoms with E-state index in [1.54, 1.807) is 41.3 Å². The number of hydrogen-bond donors (Lipinski definition) is 1. The van der Waals surface area contributed by atoms with Crippen molar-refractivity contribution >= 4 is 17.4 Å². The molecule has 2 fully saturated rings. The predicted octanol–water partition coefficient (Wildman–Crippen LogP) is 4.09. The van der Waals surface area contributed by atoms with Crippen molar-refractivity contribution in [3.63, 3.8) is 0 Å². The van der Waals surface area contributed by atoms with Crippen molar-refractivity contribution < 1.29 is 33.6 Å². The first-order chi connectivity index (χ1) is 16.5. The number of ether oxygens (including phenoxy) is 4. The maximum absolute atomic E-state index is 13.4. The Bertz CT molecular complexity index is 1130. The second-order valence-corrected chi connectivity index (χ2v) is 8.30. The van der Waals surface area contributed by atoms with Crippen LogP contribution in [0.3, 0.4) is 0 Å². The molecule has 1 atom stereocenters. The van der Waals surface area contributed by atoms with E-state index in [1.807, 2.05) is 0 Å². The van der Waals surface area contributed by atoms with E-state index in [4.69, 9.17) is 18.9 Å². The molecule has 1 N–H and O–H groups in total. The Kier molecular flexibility index (Phi) is 6.68. The van der Waals surface area contributed by atoms with Gasteiger partial charge >= 0.3 is 0 Å². The lowest BCUT2D eigenvalue weighted by molar-refractivity contribution is -0.141. The second kappa shape index (κ2) is 9.67. The molecule has 2 aromatic carbocycles. The predicted molar refractivity (Wildman–Crippen MR) is 125 cm³/mol. The molecule has 34 heavy (non-hydrogen) atoms. The summed E-state index contributed by atoms with van der Waals surface area (Å²) < 4.78 is 21.8. The number of carbonyl (C=O) groups excluding carboxylic acids is 2. The van der Waals surface area contributed by atoms with Gasteiger partial charge in [0.2, 0.25) is 0 Å². The van der Waals surface area contributed by atoms with Gasteiger partial charge in [0.1, 0.15) is 5.76 Å². The molecule has 0 bridgehead atoms. The molecule has 1 aliphatic heterocycles. The summed E-state index contributed by atoms with van der Waals surface area (Å²) in [5.41, 5.74) is 0.930. The summed E-state index contributed by atoms with van der Waals surface area (Å²) >= 11 is 0. The van der Waals surface area contributed by atoms with Crippen LogP contribution in [0.4, 0.5) is 0 Å². The van der Waals surface area contributed by atoms with E-state index in [0.29, 0.717) is 34.1 Å². The van der Waals surface area contributed by atoms with Crippen LogP contribution in [-0.2, 0) is 9.59 Å². The standard InChI is InChI=1S/C26H29NO7/c1-31-18-13-12-15(14-20(18)33-3)23(28)21-22(17-10-7-11-19(32-2)25(17)34-4)27(26(30)24(21)29)16-8-5-6-9-16/h7,10-14,16,22,28H,5-6,8-9H2,1-4H3/b23-21-. The summed E-state index contributed by atoms with van der Waals surface area (Å²) in [6.45, 7) is 0. The first kappa shape index (κ1) is 23.5. The molecule has 0 spiro atoms. The number of nitrogens with zero attached hydrogens (tertiary/aromatic N) is 1. The molecule has 1 heterocycles. The van der Waals surface area contributed by atoms with E-state index in [2.05, 4.69) is 0 Å². The topological polar surface area (TPSA) is 94.5 Å². The van der Waals surface area contributed by atoms with Crippen LogP contribution in [0.2, 0.25) is 0 Å². The lowest BCUT2D eigenvalue weighted by Crippen LogP contribution is -2.37. The molecule has 8 heteroatoms. The third-order valence-electron chi connectivity index (χ3n) is 6.58. The quantitative estimate of drug-likeness (QED) is 0.372. The number of Topliss-reactive ketones (excluding diaryl/α,β-unsaturated/α-hetero) is 1. The van der Waals surface area contributed by atoms with Crippen LogP contribution in [0.15, 0.2) is 42.0 Å². The summed E-state index contributed by atoms with van der Waals surface area (Å²) in [5, 5.41) is 11.4. The van der Waals surface area contributed by atoms with Gasteiger partial charge in [-0.15, -0.1) is 0 Å². The maximum atomic E-state index is 13.4. The highest BCUT2D eigenvalue weighted by Gasteiger charge is 2.50. The molecule has 1 unspecified atom stereocenters. The number of ketones is 1. The number of benzene rings is 2. The zero-order valence-electron chi connectivity index (χ0n) is 19.8. The Labute approximate surface area is 198 Å². The molecule has 0 radical (unpaired) electrons.